The van der Waals surface area contributed by atoms with Crippen molar-refractivity contribution in [1.29, 1.82) is 0 Å². The van der Waals surface area contributed by atoms with Crippen LogP contribution in [0.1, 0.15) is 38.7 Å². The molecule has 1 aliphatic rings. The summed E-state index contributed by atoms with van der Waals surface area (Å²) in [5.41, 5.74) is 0.0304. The Kier molecular flexibility index (Phi) is 7.25. The summed E-state index contributed by atoms with van der Waals surface area (Å²) in [6.07, 6.45) is 3.72. The lowest BCUT2D eigenvalue weighted by Crippen LogP contribution is -2.46. The minimum Gasteiger partial charge on any atom is -0.383 e. The van der Waals surface area contributed by atoms with Gasteiger partial charge in [-0.2, -0.15) is 11.3 Å². The molecule has 1 atom stereocenters. The fraction of sp³-hybridized carbons (Fsp3) is 0.643. The largest absolute Gasteiger partial charge is 0.383 e. The molecule has 1 unspecified atom stereocenters. The van der Waals surface area contributed by atoms with Crippen LogP contribution in [-0.2, 0) is 5.60 Å². The fourth-order valence-corrected chi connectivity index (χ4v) is 2.74. The predicted octanol–water partition coefficient (Wildman–Crippen LogP) is 2.68. The van der Waals surface area contributed by atoms with Crippen molar-refractivity contribution in [3.05, 3.63) is 22.4 Å². The first-order chi connectivity index (χ1) is 9.12. The number of thiophene rings is 1. The molecule has 0 amide bonds. The van der Waals surface area contributed by atoms with E-state index in [2.05, 4.69) is 22.5 Å². The van der Waals surface area contributed by atoms with Gasteiger partial charge in [0.15, 0.2) is 5.96 Å². The maximum absolute atomic E-state index is 10.4. The van der Waals surface area contributed by atoms with E-state index in [4.69, 9.17) is 0 Å². The van der Waals surface area contributed by atoms with Crippen molar-refractivity contribution in [1.82, 2.24) is 10.6 Å². The Bertz CT molecular complexity index is 416. The molecule has 6 heteroatoms. The number of guanidine groups is 1. The SMILES string of the molecule is CCNC(=NCC(C)(O)c1ccsc1)NC1CCC1.I. The Morgan fingerprint density at radius 1 is 1.55 bits per heavy atom. The predicted molar refractivity (Wildman–Crippen MR) is 96.1 cm³/mol. The van der Waals surface area contributed by atoms with E-state index in [0.29, 0.717) is 12.6 Å². The quantitative estimate of drug-likeness (QED) is 0.398. The molecule has 1 aromatic heterocycles. The molecule has 1 aromatic rings. The molecule has 4 nitrogen and oxygen atoms in total. The van der Waals surface area contributed by atoms with Gasteiger partial charge in [0.1, 0.15) is 5.60 Å². The minimum atomic E-state index is -0.901. The van der Waals surface area contributed by atoms with Gasteiger partial charge in [0.2, 0.25) is 0 Å². The van der Waals surface area contributed by atoms with E-state index in [9.17, 15) is 5.11 Å². The first-order valence-electron chi connectivity index (χ1n) is 6.91. The van der Waals surface area contributed by atoms with E-state index >= 15 is 0 Å². The number of hydrogen-bond acceptors (Lipinski definition) is 3. The molecule has 2 rings (SSSR count). The summed E-state index contributed by atoms with van der Waals surface area (Å²) in [7, 11) is 0. The van der Waals surface area contributed by atoms with Gasteiger partial charge >= 0.3 is 0 Å². The molecule has 20 heavy (non-hydrogen) atoms. The average molecular weight is 409 g/mol. The molecule has 1 aliphatic carbocycles. The molecule has 1 heterocycles. The van der Waals surface area contributed by atoms with E-state index in [0.717, 1.165) is 18.1 Å². The van der Waals surface area contributed by atoms with Gasteiger partial charge in [-0.1, -0.05) is 0 Å². The molecule has 1 saturated carbocycles. The second kappa shape index (κ2) is 8.19. The van der Waals surface area contributed by atoms with Crippen LogP contribution in [0.2, 0.25) is 0 Å². The maximum atomic E-state index is 10.4. The van der Waals surface area contributed by atoms with E-state index in [-0.39, 0.29) is 24.0 Å². The normalized spacial score (nSPS) is 18.6. The van der Waals surface area contributed by atoms with Gasteiger partial charge in [-0.05, 0) is 55.5 Å². The summed E-state index contributed by atoms with van der Waals surface area (Å²) in [5, 5.41) is 21.0. The molecule has 3 N–H and O–H groups in total. The van der Waals surface area contributed by atoms with Crippen LogP contribution < -0.4 is 10.6 Å². The van der Waals surface area contributed by atoms with Crippen LogP contribution in [0.5, 0.6) is 0 Å². The van der Waals surface area contributed by atoms with Crippen LogP contribution in [0.15, 0.2) is 21.8 Å². The van der Waals surface area contributed by atoms with Crippen LogP contribution >= 0.6 is 35.3 Å². The van der Waals surface area contributed by atoms with Crippen molar-refractivity contribution in [2.45, 2.75) is 44.8 Å². The van der Waals surface area contributed by atoms with Crippen LogP contribution in [0.25, 0.3) is 0 Å². The van der Waals surface area contributed by atoms with Crippen LogP contribution in [0.3, 0.4) is 0 Å². The standard InChI is InChI=1S/C14H23N3OS.HI/c1-3-15-13(17-12-5-4-6-12)16-10-14(2,18)11-7-8-19-9-11;/h7-9,12,18H,3-6,10H2,1-2H3,(H2,15,16,17);1H. The summed E-state index contributed by atoms with van der Waals surface area (Å²) in [6, 6.07) is 2.50. The number of aliphatic hydroxyl groups is 1. The van der Waals surface area contributed by atoms with E-state index in [1.165, 1.54) is 19.3 Å². The Balaban J connectivity index is 0.00000200. The Morgan fingerprint density at radius 3 is 2.80 bits per heavy atom. The highest BCUT2D eigenvalue weighted by molar-refractivity contribution is 14.0. The molecule has 0 aliphatic heterocycles. The molecular weight excluding hydrogens is 385 g/mol. The number of rotatable bonds is 5. The lowest BCUT2D eigenvalue weighted by Gasteiger charge is -2.29. The van der Waals surface area contributed by atoms with Crippen molar-refractivity contribution in [2.24, 2.45) is 4.99 Å². The van der Waals surface area contributed by atoms with Gasteiger partial charge in [0.05, 0.1) is 6.54 Å². The maximum Gasteiger partial charge on any atom is 0.191 e. The first kappa shape index (κ1) is 17.7. The Morgan fingerprint density at radius 2 is 2.30 bits per heavy atom. The molecule has 0 spiro atoms. The minimum absolute atomic E-state index is 0. The lowest BCUT2D eigenvalue weighted by molar-refractivity contribution is 0.0676. The van der Waals surface area contributed by atoms with Gasteiger partial charge in [0, 0.05) is 12.6 Å². The summed E-state index contributed by atoms with van der Waals surface area (Å²) >= 11 is 1.59. The third-order valence-electron chi connectivity index (χ3n) is 3.48. The van der Waals surface area contributed by atoms with E-state index in [1.807, 2.05) is 23.8 Å². The lowest BCUT2D eigenvalue weighted by atomic mass is 9.93. The number of aliphatic imine (C=N–C) groups is 1. The molecular formula is C14H24IN3OS. The second-order valence-corrected chi connectivity index (χ2v) is 6.03. The molecule has 1 fully saturated rings. The molecule has 114 valence electrons. The summed E-state index contributed by atoms with van der Waals surface area (Å²) in [6.45, 7) is 5.06. The number of nitrogens with zero attached hydrogens (tertiary/aromatic N) is 1. The Hall–Kier alpha value is -0.340. The van der Waals surface area contributed by atoms with Gasteiger partial charge in [-0.25, -0.2) is 4.99 Å². The van der Waals surface area contributed by atoms with Gasteiger partial charge in [0.25, 0.3) is 0 Å². The van der Waals surface area contributed by atoms with Crippen molar-refractivity contribution < 1.29 is 5.11 Å². The van der Waals surface area contributed by atoms with Crippen molar-refractivity contribution in [3.63, 3.8) is 0 Å². The van der Waals surface area contributed by atoms with Crippen molar-refractivity contribution in [3.8, 4) is 0 Å². The highest BCUT2D eigenvalue weighted by Gasteiger charge is 2.24. The average Bonchev–Trinajstić information content (AvgIpc) is 2.85. The van der Waals surface area contributed by atoms with Crippen molar-refractivity contribution >= 4 is 41.3 Å². The highest BCUT2D eigenvalue weighted by Crippen LogP contribution is 2.23. The number of nitrogens with one attached hydrogen (secondary N) is 2. The second-order valence-electron chi connectivity index (χ2n) is 5.25. The number of hydrogen-bond donors (Lipinski definition) is 3. The molecule has 0 saturated heterocycles. The number of halogens is 1. The monoisotopic (exact) mass is 409 g/mol. The molecule has 0 radical (unpaired) electrons. The summed E-state index contributed by atoms with van der Waals surface area (Å²) in [4.78, 5) is 4.51. The van der Waals surface area contributed by atoms with E-state index < -0.39 is 5.60 Å². The smallest absolute Gasteiger partial charge is 0.191 e. The van der Waals surface area contributed by atoms with Crippen LogP contribution in [0, 0.1) is 0 Å². The zero-order chi connectivity index (χ0) is 13.7. The van der Waals surface area contributed by atoms with Crippen molar-refractivity contribution in [2.75, 3.05) is 13.1 Å². The van der Waals surface area contributed by atoms with Crippen LogP contribution in [-0.4, -0.2) is 30.2 Å². The van der Waals surface area contributed by atoms with Gasteiger partial charge < -0.3 is 15.7 Å². The first-order valence-corrected chi connectivity index (χ1v) is 7.86. The third kappa shape index (κ3) is 4.89. The fourth-order valence-electron chi connectivity index (χ4n) is 1.96. The topological polar surface area (TPSA) is 56.7 Å². The van der Waals surface area contributed by atoms with Crippen LogP contribution in [0.4, 0.5) is 0 Å². The Labute approximate surface area is 142 Å². The van der Waals surface area contributed by atoms with E-state index in [1.54, 1.807) is 11.3 Å². The summed E-state index contributed by atoms with van der Waals surface area (Å²) in [5.74, 6) is 0.808. The van der Waals surface area contributed by atoms with Gasteiger partial charge in [-0.3, -0.25) is 0 Å². The highest BCUT2D eigenvalue weighted by atomic mass is 127. The molecule has 0 aromatic carbocycles. The zero-order valence-electron chi connectivity index (χ0n) is 12.1. The zero-order valence-corrected chi connectivity index (χ0v) is 15.2. The third-order valence-corrected chi connectivity index (χ3v) is 4.16. The molecule has 0 bridgehead atoms. The summed E-state index contributed by atoms with van der Waals surface area (Å²) < 4.78 is 0. The van der Waals surface area contributed by atoms with Gasteiger partial charge in [-0.15, -0.1) is 24.0 Å².